The minimum Gasteiger partial charge on any atom is -0.364 e. The fraction of sp³-hybridized carbons (Fsp3) is 0.550. The predicted molar refractivity (Wildman–Crippen MR) is 118 cm³/mol. The normalized spacial score (nSPS) is 20.6. The van der Waals surface area contributed by atoms with Crippen LogP contribution in [0.2, 0.25) is 0 Å². The molecular weight excluding hydrogens is 423 g/mol. The molecule has 2 aliphatic heterocycles. The zero-order valence-electron chi connectivity index (χ0n) is 15.4. The number of nitrogens with zero attached hydrogens (tertiary/aromatic N) is 3. The van der Waals surface area contributed by atoms with Gasteiger partial charge < -0.3 is 15.1 Å². The van der Waals surface area contributed by atoms with Crippen LogP contribution in [0, 0.1) is 5.92 Å². The van der Waals surface area contributed by atoms with E-state index in [9.17, 15) is 0 Å². The van der Waals surface area contributed by atoms with Crippen LogP contribution >= 0.6 is 24.0 Å². The SMILES string of the molecule is CCNC(=NCc1cccc(N2CC=CC2)c1)N1CCCC(C)C1.I. The first-order valence-electron chi connectivity index (χ1n) is 9.28. The van der Waals surface area contributed by atoms with Crippen molar-refractivity contribution in [3.8, 4) is 0 Å². The van der Waals surface area contributed by atoms with Gasteiger partial charge in [0.25, 0.3) is 0 Å². The van der Waals surface area contributed by atoms with Crippen LogP contribution in [0.1, 0.15) is 32.3 Å². The third-order valence-corrected chi connectivity index (χ3v) is 4.80. The first-order chi connectivity index (χ1) is 11.8. The zero-order valence-corrected chi connectivity index (χ0v) is 17.8. The highest BCUT2D eigenvalue weighted by molar-refractivity contribution is 14.0. The first kappa shape index (κ1) is 20.1. The summed E-state index contributed by atoms with van der Waals surface area (Å²) in [5.41, 5.74) is 2.57. The molecule has 2 heterocycles. The summed E-state index contributed by atoms with van der Waals surface area (Å²) in [6.07, 6.45) is 7.06. The minimum atomic E-state index is 0. The smallest absolute Gasteiger partial charge is 0.194 e. The van der Waals surface area contributed by atoms with Crippen LogP contribution in [0.5, 0.6) is 0 Å². The van der Waals surface area contributed by atoms with E-state index in [1.807, 2.05) is 0 Å². The fourth-order valence-corrected chi connectivity index (χ4v) is 3.51. The lowest BCUT2D eigenvalue weighted by Crippen LogP contribution is -2.46. The van der Waals surface area contributed by atoms with E-state index in [0.29, 0.717) is 0 Å². The van der Waals surface area contributed by atoms with E-state index >= 15 is 0 Å². The molecule has 1 saturated heterocycles. The van der Waals surface area contributed by atoms with E-state index in [-0.39, 0.29) is 24.0 Å². The number of anilines is 1. The summed E-state index contributed by atoms with van der Waals surface area (Å²) in [7, 11) is 0. The predicted octanol–water partition coefficient (Wildman–Crippen LogP) is 3.88. The zero-order chi connectivity index (χ0) is 16.8. The van der Waals surface area contributed by atoms with Crippen molar-refractivity contribution in [3.63, 3.8) is 0 Å². The van der Waals surface area contributed by atoms with Crippen molar-refractivity contribution in [2.24, 2.45) is 10.9 Å². The second-order valence-corrected chi connectivity index (χ2v) is 6.91. The summed E-state index contributed by atoms with van der Waals surface area (Å²) < 4.78 is 0. The number of benzene rings is 1. The van der Waals surface area contributed by atoms with E-state index in [1.165, 1.54) is 24.1 Å². The Kier molecular flexibility index (Phi) is 8.06. The maximum Gasteiger partial charge on any atom is 0.194 e. The molecule has 0 bridgehead atoms. The van der Waals surface area contributed by atoms with Gasteiger partial charge in [-0.2, -0.15) is 0 Å². The molecule has 1 aromatic carbocycles. The number of aliphatic imine (C=N–C) groups is 1. The quantitative estimate of drug-likeness (QED) is 0.324. The van der Waals surface area contributed by atoms with Crippen molar-refractivity contribution in [1.29, 1.82) is 0 Å². The third-order valence-electron chi connectivity index (χ3n) is 4.80. The van der Waals surface area contributed by atoms with Crippen molar-refractivity contribution >= 4 is 35.6 Å². The Hall–Kier alpha value is -1.24. The number of rotatable bonds is 4. The lowest BCUT2D eigenvalue weighted by molar-refractivity contribution is 0.266. The highest BCUT2D eigenvalue weighted by Gasteiger charge is 2.19. The van der Waals surface area contributed by atoms with Crippen LogP contribution in [-0.4, -0.2) is 43.6 Å². The van der Waals surface area contributed by atoms with Gasteiger partial charge in [-0.15, -0.1) is 24.0 Å². The maximum absolute atomic E-state index is 4.91. The molecule has 4 nitrogen and oxygen atoms in total. The monoisotopic (exact) mass is 454 g/mol. The molecule has 0 spiro atoms. The summed E-state index contributed by atoms with van der Waals surface area (Å²) in [6.45, 7) is 10.4. The Balaban J connectivity index is 0.00000225. The lowest BCUT2D eigenvalue weighted by atomic mass is 10.0. The molecule has 138 valence electrons. The summed E-state index contributed by atoms with van der Waals surface area (Å²) in [6, 6.07) is 8.80. The molecule has 1 aromatic rings. The van der Waals surface area contributed by atoms with E-state index in [1.54, 1.807) is 0 Å². The van der Waals surface area contributed by atoms with Crippen molar-refractivity contribution in [2.75, 3.05) is 37.6 Å². The second kappa shape index (κ2) is 10.0. The Morgan fingerprint density at radius 1 is 1.28 bits per heavy atom. The molecule has 0 aromatic heterocycles. The van der Waals surface area contributed by atoms with Crippen molar-refractivity contribution in [1.82, 2.24) is 10.2 Å². The molecule has 1 N–H and O–H groups in total. The third kappa shape index (κ3) is 5.62. The first-order valence-corrected chi connectivity index (χ1v) is 9.28. The molecule has 1 atom stereocenters. The average Bonchev–Trinajstić information content (AvgIpc) is 3.13. The molecule has 0 amide bonds. The maximum atomic E-state index is 4.91. The molecule has 5 heteroatoms. The Bertz CT molecular complexity index is 591. The number of hydrogen-bond donors (Lipinski definition) is 1. The molecule has 0 saturated carbocycles. The number of guanidine groups is 1. The van der Waals surface area contributed by atoms with Gasteiger partial charge in [-0.05, 0) is 43.4 Å². The number of likely N-dealkylation sites (tertiary alicyclic amines) is 1. The number of halogens is 1. The van der Waals surface area contributed by atoms with Crippen LogP contribution < -0.4 is 10.2 Å². The standard InChI is InChI=1S/C20H30N4.HI/c1-3-21-20(24-13-7-8-17(2)16-24)22-15-18-9-6-10-19(14-18)23-11-4-5-12-23;/h4-6,9-10,14,17H,3,7-8,11-13,15-16H2,1-2H3,(H,21,22);1H. The minimum absolute atomic E-state index is 0. The Labute approximate surface area is 169 Å². The molecule has 1 unspecified atom stereocenters. The van der Waals surface area contributed by atoms with Gasteiger partial charge in [0.1, 0.15) is 0 Å². The van der Waals surface area contributed by atoms with E-state index in [2.05, 4.69) is 65.4 Å². The van der Waals surface area contributed by atoms with Gasteiger partial charge in [0.15, 0.2) is 5.96 Å². The summed E-state index contributed by atoms with van der Waals surface area (Å²) in [5.74, 6) is 1.82. The van der Waals surface area contributed by atoms with E-state index in [0.717, 1.165) is 51.1 Å². The van der Waals surface area contributed by atoms with Crippen LogP contribution in [0.4, 0.5) is 5.69 Å². The van der Waals surface area contributed by atoms with Gasteiger partial charge >= 0.3 is 0 Å². The lowest BCUT2D eigenvalue weighted by Gasteiger charge is -2.33. The number of hydrogen-bond acceptors (Lipinski definition) is 2. The van der Waals surface area contributed by atoms with Gasteiger partial charge in [0.2, 0.25) is 0 Å². The van der Waals surface area contributed by atoms with Gasteiger partial charge in [-0.1, -0.05) is 31.2 Å². The van der Waals surface area contributed by atoms with Crippen molar-refractivity contribution < 1.29 is 0 Å². The molecule has 25 heavy (non-hydrogen) atoms. The van der Waals surface area contributed by atoms with Gasteiger partial charge in [-0.3, -0.25) is 0 Å². The Morgan fingerprint density at radius 3 is 2.80 bits per heavy atom. The summed E-state index contributed by atoms with van der Waals surface area (Å²) in [4.78, 5) is 9.71. The fourth-order valence-electron chi connectivity index (χ4n) is 3.51. The highest BCUT2D eigenvalue weighted by atomic mass is 127. The summed E-state index contributed by atoms with van der Waals surface area (Å²) >= 11 is 0. The van der Waals surface area contributed by atoms with Gasteiger partial charge in [0.05, 0.1) is 6.54 Å². The van der Waals surface area contributed by atoms with Gasteiger partial charge in [-0.25, -0.2) is 4.99 Å². The van der Waals surface area contributed by atoms with Crippen molar-refractivity contribution in [3.05, 3.63) is 42.0 Å². The van der Waals surface area contributed by atoms with E-state index < -0.39 is 0 Å². The summed E-state index contributed by atoms with van der Waals surface area (Å²) in [5, 5.41) is 3.47. The molecule has 0 radical (unpaired) electrons. The van der Waals surface area contributed by atoms with E-state index in [4.69, 9.17) is 4.99 Å². The van der Waals surface area contributed by atoms with Gasteiger partial charge in [0, 0.05) is 38.4 Å². The number of nitrogens with one attached hydrogen (secondary N) is 1. The molecule has 3 rings (SSSR count). The molecule has 1 fully saturated rings. The van der Waals surface area contributed by atoms with Crippen LogP contribution in [0.3, 0.4) is 0 Å². The second-order valence-electron chi connectivity index (χ2n) is 6.91. The van der Waals surface area contributed by atoms with Crippen LogP contribution in [-0.2, 0) is 6.54 Å². The molecule has 0 aliphatic carbocycles. The number of piperidine rings is 1. The molecular formula is C20H31IN4. The van der Waals surface area contributed by atoms with Crippen LogP contribution in [0.25, 0.3) is 0 Å². The van der Waals surface area contributed by atoms with Crippen LogP contribution in [0.15, 0.2) is 41.4 Å². The topological polar surface area (TPSA) is 30.9 Å². The Morgan fingerprint density at radius 2 is 2.08 bits per heavy atom. The average molecular weight is 454 g/mol. The van der Waals surface area contributed by atoms with Crippen molar-refractivity contribution in [2.45, 2.75) is 33.2 Å². The largest absolute Gasteiger partial charge is 0.364 e. The molecule has 2 aliphatic rings. The highest BCUT2D eigenvalue weighted by Crippen LogP contribution is 2.19.